The zero-order chi connectivity index (χ0) is 26.5. The van der Waals surface area contributed by atoms with Gasteiger partial charge in [-0.25, -0.2) is 4.57 Å². The molecule has 0 radical (unpaired) electrons. The average molecular weight is 544 g/mol. The highest BCUT2D eigenvalue weighted by molar-refractivity contribution is 7.85. The van der Waals surface area contributed by atoms with Crippen molar-refractivity contribution >= 4 is 27.1 Å². The van der Waals surface area contributed by atoms with Crippen LogP contribution in [0, 0.1) is 0 Å². The molecule has 1 aromatic carbocycles. The fraction of sp³-hybridized carbons (Fsp3) is 0.500. The van der Waals surface area contributed by atoms with Crippen LogP contribution in [0.5, 0.6) is 0 Å². The van der Waals surface area contributed by atoms with Gasteiger partial charge in [-0.2, -0.15) is 8.42 Å². The zero-order valence-electron chi connectivity index (χ0n) is 22.4. The lowest BCUT2D eigenvalue weighted by Crippen LogP contribution is -2.33. The van der Waals surface area contributed by atoms with Crippen molar-refractivity contribution in [3.8, 4) is 20.9 Å². The third-order valence-electron chi connectivity index (χ3n) is 6.68. The summed E-state index contributed by atoms with van der Waals surface area (Å²) in [6.07, 6.45) is 14.6. The van der Waals surface area contributed by atoms with E-state index in [1.165, 1.54) is 72.4 Å². The van der Waals surface area contributed by atoms with Crippen LogP contribution in [0.3, 0.4) is 0 Å². The van der Waals surface area contributed by atoms with E-state index in [9.17, 15) is 8.42 Å². The van der Waals surface area contributed by atoms with E-state index in [1.54, 1.807) is 11.3 Å². The summed E-state index contributed by atoms with van der Waals surface area (Å²) < 4.78 is 32.6. The first-order chi connectivity index (χ1) is 17.9. The monoisotopic (exact) mass is 543 g/mol. The van der Waals surface area contributed by atoms with Crippen molar-refractivity contribution in [1.82, 2.24) is 0 Å². The third kappa shape index (κ3) is 10.2. The van der Waals surface area contributed by atoms with Crippen LogP contribution in [0.1, 0.15) is 71.6 Å². The van der Waals surface area contributed by atoms with Gasteiger partial charge in [-0.1, -0.05) is 64.5 Å². The molecule has 0 saturated carbocycles. The van der Waals surface area contributed by atoms with Crippen LogP contribution in [0.25, 0.3) is 20.9 Å². The quantitative estimate of drug-likeness (QED) is 0.108. The van der Waals surface area contributed by atoms with Gasteiger partial charge < -0.3 is 4.90 Å². The standard InChI is InChI=1S/C30H42N2O3S2/c1-3-5-7-9-21-32(22-10-8-6-4-2)28-14-12-26(13-15-28)29-16-17-30(36-29)27-18-23-31(24-19-27)20-11-25-37(33,34)35/h12-19,23-24H,3-11,20-22,25H2,1-2H3/p+1. The van der Waals surface area contributed by atoms with Gasteiger partial charge in [0.05, 0.1) is 5.75 Å². The second-order valence-electron chi connectivity index (χ2n) is 9.78. The van der Waals surface area contributed by atoms with Gasteiger partial charge in [-0.15, -0.1) is 11.3 Å². The lowest BCUT2D eigenvalue weighted by molar-refractivity contribution is -0.696. The number of anilines is 1. The molecule has 0 aliphatic heterocycles. The maximum absolute atomic E-state index is 10.9. The highest BCUT2D eigenvalue weighted by atomic mass is 32.2. The average Bonchev–Trinajstić information content (AvgIpc) is 3.38. The summed E-state index contributed by atoms with van der Waals surface area (Å²) >= 11 is 1.78. The lowest BCUT2D eigenvalue weighted by Gasteiger charge is -2.25. The first-order valence-electron chi connectivity index (χ1n) is 13.8. The predicted molar refractivity (Wildman–Crippen MR) is 157 cm³/mol. The van der Waals surface area contributed by atoms with Gasteiger partial charge in [0.15, 0.2) is 12.4 Å². The number of hydrogen-bond donors (Lipinski definition) is 1. The number of nitrogens with zero attached hydrogens (tertiary/aromatic N) is 2. The van der Waals surface area contributed by atoms with E-state index in [4.69, 9.17) is 4.55 Å². The summed E-state index contributed by atoms with van der Waals surface area (Å²) in [6, 6.07) is 17.5. The molecule has 2 heterocycles. The van der Waals surface area contributed by atoms with Gasteiger partial charge in [0.25, 0.3) is 10.1 Å². The molecule has 0 fully saturated rings. The highest BCUT2D eigenvalue weighted by Gasteiger charge is 2.11. The summed E-state index contributed by atoms with van der Waals surface area (Å²) in [5.41, 5.74) is 3.72. The Kier molecular flexibility index (Phi) is 12.1. The Morgan fingerprint density at radius 3 is 1.78 bits per heavy atom. The van der Waals surface area contributed by atoms with Crippen molar-refractivity contribution in [3.05, 3.63) is 60.9 Å². The van der Waals surface area contributed by atoms with Crippen molar-refractivity contribution in [3.63, 3.8) is 0 Å². The Hall–Kier alpha value is -2.22. The molecule has 7 heteroatoms. The largest absolute Gasteiger partial charge is 0.372 e. The predicted octanol–water partition coefficient (Wildman–Crippen LogP) is 7.61. The zero-order valence-corrected chi connectivity index (χ0v) is 24.1. The first kappa shape index (κ1) is 29.3. The molecule has 0 atom stereocenters. The fourth-order valence-electron chi connectivity index (χ4n) is 4.51. The minimum Gasteiger partial charge on any atom is -0.372 e. The molecule has 0 bridgehead atoms. The van der Waals surface area contributed by atoms with Crippen molar-refractivity contribution in [1.29, 1.82) is 0 Å². The van der Waals surface area contributed by atoms with Gasteiger partial charge in [-0.05, 0) is 42.7 Å². The fourth-order valence-corrected chi connectivity index (χ4v) is 6.02. The third-order valence-corrected chi connectivity index (χ3v) is 8.67. The Balaban J connectivity index is 1.62. The van der Waals surface area contributed by atoms with Crippen LogP contribution in [0.2, 0.25) is 0 Å². The molecule has 0 spiro atoms. The molecule has 1 N–H and O–H groups in total. The van der Waals surface area contributed by atoms with E-state index in [2.05, 4.69) is 67.3 Å². The first-order valence-corrected chi connectivity index (χ1v) is 16.2. The van der Waals surface area contributed by atoms with Crippen LogP contribution in [-0.4, -0.2) is 31.8 Å². The summed E-state index contributed by atoms with van der Waals surface area (Å²) in [5, 5.41) is 0. The molecule has 0 unspecified atom stereocenters. The number of unbranched alkanes of at least 4 members (excludes halogenated alkanes) is 6. The molecule has 0 amide bonds. The lowest BCUT2D eigenvalue weighted by atomic mass is 10.1. The molecule has 3 aromatic rings. The molecule has 202 valence electrons. The SMILES string of the molecule is CCCCCCN(CCCCCC)c1ccc(-c2ccc(-c3cc[n+](CCCS(=O)(=O)O)cc3)s2)cc1. The number of pyridine rings is 1. The molecule has 0 aliphatic rings. The summed E-state index contributed by atoms with van der Waals surface area (Å²) in [5.74, 6) is -0.218. The Bertz CT molecular complexity index is 1140. The topological polar surface area (TPSA) is 61.5 Å². The van der Waals surface area contributed by atoms with Crippen LogP contribution in [-0.2, 0) is 16.7 Å². The van der Waals surface area contributed by atoms with Crippen LogP contribution in [0.15, 0.2) is 60.9 Å². The molecule has 5 nitrogen and oxygen atoms in total. The van der Waals surface area contributed by atoms with E-state index in [-0.39, 0.29) is 5.75 Å². The second-order valence-corrected chi connectivity index (χ2v) is 12.4. The minimum absolute atomic E-state index is 0.218. The maximum atomic E-state index is 10.9. The summed E-state index contributed by atoms with van der Waals surface area (Å²) in [6.45, 7) is 7.36. The van der Waals surface area contributed by atoms with Crippen LogP contribution >= 0.6 is 11.3 Å². The normalized spacial score (nSPS) is 11.6. The maximum Gasteiger partial charge on any atom is 0.265 e. The van der Waals surface area contributed by atoms with Crippen molar-refractivity contribution in [2.24, 2.45) is 0 Å². The van der Waals surface area contributed by atoms with Crippen LogP contribution in [0.4, 0.5) is 5.69 Å². The molecule has 2 aromatic heterocycles. The highest BCUT2D eigenvalue weighted by Crippen LogP contribution is 2.35. The Morgan fingerprint density at radius 1 is 0.730 bits per heavy atom. The summed E-state index contributed by atoms with van der Waals surface area (Å²) in [4.78, 5) is 5.03. The Morgan fingerprint density at radius 2 is 1.27 bits per heavy atom. The number of hydrogen-bond acceptors (Lipinski definition) is 4. The molecular formula is C30H43N2O3S2+. The van der Waals surface area contributed by atoms with Crippen molar-refractivity contribution in [2.75, 3.05) is 23.7 Å². The molecule has 0 aliphatic carbocycles. The van der Waals surface area contributed by atoms with Gasteiger partial charge in [0, 0.05) is 52.6 Å². The van der Waals surface area contributed by atoms with Gasteiger partial charge in [0.2, 0.25) is 0 Å². The van der Waals surface area contributed by atoms with Crippen molar-refractivity contribution < 1.29 is 17.5 Å². The van der Waals surface area contributed by atoms with E-state index >= 15 is 0 Å². The number of aromatic nitrogens is 1. The van der Waals surface area contributed by atoms with E-state index < -0.39 is 10.1 Å². The molecule has 0 saturated heterocycles. The van der Waals surface area contributed by atoms with Gasteiger partial charge in [-0.3, -0.25) is 4.55 Å². The van der Waals surface area contributed by atoms with E-state index in [1.807, 2.05) is 17.0 Å². The van der Waals surface area contributed by atoms with Gasteiger partial charge in [0.1, 0.15) is 6.54 Å². The summed E-state index contributed by atoms with van der Waals surface area (Å²) in [7, 11) is -3.90. The number of rotatable bonds is 17. The second kappa shape index (κ2) is 15.3. The molecule has 37 heavy (non-hydrogen) atoms. The molecular weight excluding hydrogens is 500 g/mol. The Labute approximate surface area is 227 Å². The van der Waals surface area contributed by atoms with Crippen LogP contribution < -0.4 is 9.47 Å². The van der Waals surface area contributed by atoms with Gasteiger partial charge >= 0.3 is 0 Å². The number of thiophene rings is 1. The minimum atomic E-state index is -3.90. The van der Waals surface area contributed by atoms with E-state index in [0.29, 0.717) is 13.0 Å². The smallest absolute Gasteiger partial charge is 0.265 e. The number of benzene rings is 1. The van der Waals surface area contributed by atoms with Crippen molar-refractivity contribution in [2.45, 2.75) is 78.2 Å². The molecule has 3 rings (SSSR count). The number of aryl methyl sites for hydroxylation is 1. The van der Waals surface area contributed by atoms with E-state index in [0.717, 1.165) is 18.7 Å².